The van der Waals surface area contributed by atoms with Gasteiger partial charge >= 0.3 is 0 Å². The Labute approximate surface area is 260 Å². The van der Waals surface area contributed by atoms with Gasteiger partial charge in [0.05, 0.1) is 11.8 Å². The predicted molar refractivity (Wildman–Crippen MR) is 186 cm³/mol. The molecule has 0 spiro atoms. The smallest absolute Gasteiger partial charge is 0.0919 e. The number of nitrogens with one attached hydrogen (secondary N) is 3. The SMILES string of the molecule is C1CCCC1.c1c[nH]cn1.c1cc[nH]c1.c1ccc2[nH]ccc2c1.c1ccc2ccccc2c1.c1ccc2ncccc2c1. The summed E-state index contributed by atoms with van der Waals surface area (Å²) >= 11 is 0. The molecule has 1 aliphatic carbocycles. The van der Waals surface area contributed by atoms with Gasteiger partial charge in [0, 0.05) is 48.1 Å². The van der Waals surface area contributed by atoms with E-state index in [0.717, 1.165) is 5.52 Å². The second-order valence-electron chi connectivity index (χ2n) is 10.0. The van der Waals surface area contributed by atoms with E-state index >= 15 is 0 Å². The van der Waals surface area contributed by atoms with E-state index in [4.69, 9.17) is 0 Å². The number of benzene rings is 4. The summed E-state index contributed by atoms with van der Waals surface area (Å²) in [5, 5.41) is 5.09. The van der Waals surface area contributed by atoms with Crippen molar-refractivity contribution in [3.63, 3.8) is 0 Å². The predicted octanol–water partition coefficient (Wildman–Crippen LogP) is 10.6. The molecule has 44 heavy (non-hydrogen) atoms. The Kier molecular flexibility index (Phi) is 14.1. The van der Waals surface area contributed by atoms with Gasteiger partial charge in [0.1, 0.15) is 0 Å². The summed E-state index contributed by atoms with van der Waals surface area (Å²) in [6.45, 7) is 0. The highest BCUT2D eigenvalue weighted by Crippen LogP contribution is 2.15. The highest BCUT2D eigenvalue weighted by molar-refractivity contribution is 5.82. The molecular weight excluding hydrogens is 538 g/mol. The highest BCUT2D eigenvalue weighted by Gasteiger charge is 1.95. The fourth-order valence-corrected chi connectivity index (χ4v) is 4.52. The quantitative estimate of drug-likeness (QED) is 0.167. The summed E-state index contributed by atoms with van der Waals surface area (Å²) in [6.07, 6.45) is 20.1. The molecule has 4 heterocycles. The number of rotatable bonds is 0. The van der Waals surface area contributed by atoms with E-state index in [9.17, 15) is 0 Å². The second kappa shape index (κ2) is 19.7. The van der Waals surface area contributed by atoms with Crippen LogP contribution in [0, 0.1) is 0 Å². The van der Waals surface area contributed by atoms with Crippen molar-refractivity contribution in [1.29, 1.82) is 0 Å². The van der Waals surface area contributed by atoms with Crippen LogP contribution in [0.25, 0.3) is 32.6 Å². The average molecular weight is 580 g/mol. The number of para-hydroxylation sites is 2. The molecule has 222 valence electrons. The molecule has 8 aromatic rings. The van der Waals surface area contributed by atoms with Gasteiger partial charge in [0.15, 0.2) is 0 Å². The average Bonchev–Trinajstić information content (AvgIpc) is 3.95. The zero-order chi connectivity index (χ0) is 30.3. The van der Waals surface area contributed by atoms with Crippen molar-refractivity contribution in [2.75, 3.05) is 0 Å². The lowest BCUT2D eigenvalue weighted by Crippen LogP contribution is -1.73. The van der Waals surface area contributed by atoms with Crippen LogP contribution in [0.3, 0.4) is 0 Å². The van der Waals surface area contributed by atoms with Gasteiger partial charge in [0.25, 0.3) is 0 Å². The van der Waals surface area contributed by atoms with Crippen LogP contribution in [0.2, 0.25) is 0 Å². The van der Waals surface area contributed by atoms with Crippen LogP contribution in [-0.4, -0.2) is 24.9 Å². The van der Waals surface area contributed by atoms with Crippen molar-refractivity contribution in [2.24, 2.45) is 0 Å². The molecule has 4 aromatic carbocycles. The number of hydrogen-bond donors (Lipinski definition) is 3. The van der Waals surface area contributed by atoms with Crippen LogP contribution in [0.4, 0.5) is 0 Å². The third-order valence-electron chi connectivity index (χ3n) is 6.79. The first-order chi connectivity index (χ1) is 21.9. The molecule has 9 rings (SSSR count). The van der Waals surface area contributed by atoms with Gasteiger partial charge in [-0.2, -0.15) is 0 Å². The van der Waals surface area contributed by atoms with E-state index in [1.807, 2.05) is 73.3 Å². The topological polar surface area (TPSA) is 73.2 Å². The van der Waals surface area contributed by atoms with Crippen LogP contribution in [-0.2, 0) is 0 Å². The van der Waals surface area contributed by atoms with Crippen molar-refractivity contribution in [3.8, 4) is 0 Å². The van der Waals surface area contributed by atoms with Gasteiger partial charge in [-0.15, -0.1) is 0 Å². The number of nitrogens with zero attached hydrogens (tertiary/aromatic N) is 2. The minimum atomic E-state index is 1.06. The van der Waals surface area contributed by atoms with Crippen molar-refractivity contribution >= 4 is 32.6 Å². The molecule has 0 aliphatic heterocycles. The summed E-state index contributed by atoms with van der Waals surface area (Å²) < 4.78 is 0. The molecule has 4 aromatic heterocycles. The molecule has 1 fully saturated rings. The molecule has 0 unspecified atom stereocenters. The number of H-pyrrole nitrogens is 3. The first-order valence-corrected chi connectivity index (χ1v) is 15.2. The maximum absolute atomic E-state index is 4.18. The second-order valence-corrected chi connectivity index (χ2v) is 10.0. The van der Waals surface area contributed by atoms with E-state index in [1.54, 1.807) is 18.7 Å². The molecule has 0 amide bonds. The normalized spacial score (nSPS) is 11.2. The Hall–Kier alpha value is -5.42. The molecule has 1 aliphatic rings. The zero-order valence-corrected chi connectivity index (χ0v) is 25.1. The Bertz CT molecular complexity index is 1500. The zero-order valence-electron chi connectivity index (χ0n) is 25.1. The van der Waals surface area contributed by atoms with E-state index in [1.165, 1.54) is 59.2 Å². The minimum absolute atomic E-state index is 1.06. The van der Waals surface area contributed by atoms with Crippen LogP contribution >= 0.6 is 0 Å². The fraction of sp³-hybridized carbons (Fsp3) is 0.128. The lowest BCUT2D eigenvalue weighted by Gasteiger charge is -1.92. The van der Waals surface area contributed by atoms with Crippen molar-refractivity contribution in [2.45, 2.75) is 32.1 Å². The number of hydrogen-bond acceptors (Lipinski definition) is 2. The molecule has 0 radical (unpaired) electrons. The molecule has 0 bridgehead atoms. The van der Waals surface area contributed by atoms with Crippen molar-refractivity contribution in [1.82, 2.24) is 24.9 Å². The molecule has 3 N–H and O–H groups in total. The van der Waals surface area contributed by atoms with Gasteiger partial charge < -0.3 is 15.0 Å². The van der Waals surface area contributed by atoms with Crippen molar-refractivity contribution in [3.05, 3.63) is 171 Å². The Balaban J connectivity index is 0.000000124. The van der Waals surface area contributed by atoms with Gasteiger partial charge in [-0.05, 0) is 52.6 Å². The maximum atomic E-state index is 4.18. The molecule has 5 nitrogen and oxygen atoms in total. The summed E-state index contributed by atoms with van der Waals surface area (Å²) in [5.41, 5.74) is 2.27. The van der Waals surface area contributed by atoms with Crippen LogP contribution < -0.4 is 0 Å². The van der Waals surface area contributed by atoms with Crippen molar-refractivity contribution < 1.29 is 0 Å². The van der Waals surface area contributed by atoms with Crippen LogP contribution in [0.15, 0.2) is 171 Å². The molecule has 1 saturated carbocycles. The summed E-state index contributed by atoms with van der Waals surface area (Å²) in [4.78, 5) is 16.6. The Morgan fingerprint density at radius 1 is 0.409 bits per heavy atom. The van der Waals surface area contributed by atoms with Gasteiger partial charge in [-0.25, -0.2) is 4.98 Å². The summed E-state index contributed by atoms with van der Waals surface area (Å²) in [6, 6.07) is 43.0. The van der Waals surface area contributed by atoms with Crippen LogP contribution in [0.5, 0.6) is 0 Å². The lowest BCUT2D eigenvalue weighted by molar-refractivity contribution is 0.886. The largest absolute Gasteiger partial charge is 0.368 e. The Morgan fingerprint density at radius 3 is 1.43 bits per heavy atom. The molecule has 5 heteroatoms. The van der Waals surface area contributed by atoms with E-state index in [2.05, 4.69) is 104 Å². The molecule has 0 saturated heterocycles. The lowest BCUT2D eigenvalue weighted by atomic mass is 10.1. The number of aromatic nitrogens is 5. The fourth-order valence-electron chi connectivity index (χ4n) is 4.52. The highest BCUT2D eigenvalue weighted by atomic mass is 14.8. The monoisotopic (exact) mass is 579 g/mol. The summed E-state index contributed by atoms with van der Waals surface area (Å²) in [5.74, 6) is 0. The standard InChI is InChI=1S/C10H8.C9H7N.C8H7N.C5H10.C4H5N.C3H4N2/c1-2-6-10-8-4-3-7-9(10)5-1;1-2-6-9-8(4-1)5-3-7-10-9;1-2-4-8-7(3-1)5-6-9-8;2*1-2-4-5-3-1;1-2-5-3-4-1/h1-8H;1-7H;1-6,9H;1-5H2;1-5H;1-3H,(H,4,5). The molecule has 0 atom stereocenters. The minimum Gasteiger partial charge on any atom is -0.368 e. The Morgan fingerprint density at radius 2 is 0.955 bits per heavy atom. The number of pyridine rings is 1. The first kappa shape index (κ1) is 31.5. The van der Waals surface area contributed by atoms with Crippen LogP contribution in [0.1, 0.15) is 32.1 Å². The van der Waals surface area contributed by atoms with E-state index < -0.39 is 0 Å². The van der Waals surface area contributed by atoms with Gasteiger partial charge in [-0.1, -0.05) is 123 Å². The number of fused-ring (bicyclic) bond motifs is 3. The maximum Gasteiger partial charge on any atom is 0.0919 e. The van der Waals surface area contributed by atoms with Gasteiger partial charge in [-0.3, -0.25) is 4.98 Å². The number of aromatic amines is 3. The number of imidazole rings is 1. The third-order valence-corrected chi connectivity index (χ3v) is 6.79. The third kappa shape index (κ3) is 11.8. The first-order valence-electron chi connectivity index (χ1n) is 15.2. The van der Waals surface area contributed by atoms with E-state index in [-0.39, 0.29) is 0 Å². The van der Waals surface area contributed by atoms with Gasteiger partial charge in [0.2, 0.25) is 0 Å². The molecular formula is C39H41N5. The van der Waals surface area contributed by atoms with E-state index in [0.29, 0.717) is 0 Å². The summed E-state index contributed by atoms with van der Waals surface area (Å²) in [7, 11) is 0.